The lowest BCUT2D eigenvalue weighted by Gasteiger charge is -2.18. The van der Waals surface area contributed by atoms with E-state index in [9.17, 15) is 8.42 Å². The fraction of sp³-hybridized carbons (Fsp3) is 0.600. The number of nitrogens with one attached hydrogen (secondary N) is 1. The number of hydrogen-bond donors (Lipinski definition) is 1. The van der Waals surface area contributed by atoms with Gasteiger partial charge in [-0.1, -0.05) is 0 Å². The molecule has 1 heterocycles. The summed E-state index contributed by atoms with van der Waals surface area (Å²) >= 11 is 0. The van der Waals surface area contributed by atoms with Gasteiger partial charge in [0.25, 0.3) is 0 Å². The Morgan fingerprint density at radius 2 is 2.06 bits per heavy atom. The maximum Gasteiger partial charge on any atom is 0.148 e. The zero-order valence-corrected chi connectivity index (χ0v) is 10.5. The number of hydrogen-bond acceptors (Lipinski definition) is 5. The fourth-order valence-electron chi connectivity index (χ4n) is 1.55. The van der Waals surface area contributed by atoms with Crippen LogP contribution in [0.4, 0.5) is 0 Å². The summed E-state index contributed by atoms with van der Waals surface area (Å²) in [5, 5.41) is 3.17. The number of rotatable bonds is 5. The van der Waals surface area contributed by atoms with Gasteiger partial charge in [0, 0.05) is 36.9 Å². The van der Waals surface area contributed by atoms with Gasteiger partial charge in [0.05, 0.1) is 11.4 Å². The first kappa shape index (κ1) is 13.1. The Labute approximate surface area is 96.2 Å². The van der Waals surface area contributed by atoms with Gasteiger partial charge in [-0.15, -0.1) is 0 Å². The van der Waals surface area contributed by atoms with E-state index in [0.29, 0.717) is 0 Å². The first-order chi connectivity index (χ1) is 7.38. The summed E-state index contributed by atoms with van der Waals surface area (Å²) in [6.07, 6.45) is 6.13. The van der Waals surface area contributed by atoms with Crippen LogP contribution >= 0.6 is 0 Å². The van der Waals surface area contributed by atoms with Gasteiger partial charge >= 0.3 is 0 Å². The van der Waals surface area contributed by atoms with Crippen molar-refractivity contribution < 1.29 is 8.42 Å². The van der Waals surface area contributed by atoms with Gasteiger partial charge in [0.15, 0.2) is 0 Å². The number of aromatic nitrogens is 2. The Balaban J connectivity index is 2.55. The molecule has 0 aliphatic rings. The van der Waals surface area contributed by atoms with Crippen molar-refractivity contribution in [2.24, 2.45) is 0 Å². The SMILES string of the molecule is CC(CS(C)(=O)=O)NC(C)c1cnccn1. The van der Waals surface area contributed by atoms with Crippen LogP contribution in [0.15, 0.2) is 18.6 Å². The predicted molar refractivity (Wildman–Crippen MR) is 62.8 cm³/mol. The molecule has 0 radical (unpaired) electrons. The minimum Gasteiger partial charge on any atom is -0.305 e. The topological polar surface area (TPSA) is 72.0 Å². The van der Waals surface area contributed by atoms with Gasteiger partial charge in [-0.05, 0) is 13.8 Å². The molecule has 1 rings (SSSR count). The van der Waals surface area contributed by atoms with Crippen molar-refractivity contribution >= 4 is 9.84 Å². The van der Waals surface area contributed by atoms with E-state index in [1.54, 1.807) is 18.6 Å². The van der Waals surface area contributed by atoms with E-state index < -0.39 is 9.84 Å². The Kier molecular flexibility index (Phi) is 4.37. The standard InChI is InChI=1S/C10H17N3O2S/c1-8(7-16(3,14)15)13-9(2)10-6-11-4-5-12-10/h4-6,8-9,13H,7H2,1-3H3. The molecule has 5 nitrogen and oxygen atoms in total. The molecule has 1 aromatic heterocycles. The second-order valence-corrected chi connectivity index (χ2v) is 6.20. The molecule has 0 fully saturated rings. The summed E-state index contributed by atoms with van der Waals surface area (Å²) < 4.78 is 22.2. The summed E-state index contributed by atoms with van der Waals surface area (Å²) in [4.78, 5) is 8.12. The Morgan fingerprint density at radius 3 is 2.56 bits per heavy atom. The lowest BCUT2D eigenvalue weighted by molar-refractivity contribution is 0.491. The Bertz CT molecular complexity index is 419. The molecule has 0 amide bonds. The highest BCUT2D eigenvalue weighted by atomic mass is 32.2. The largest absolute Gasteiger partial charge is 0.305 e. The highest BCUT2D eigenvalue weighted by molar-refractivity contribution is 7.90. The second-order valence-electron chi connectivity index (χ2n) is 4.01. The quantitative estimate of drug-likeness (QED) is 0.818. The van der Waals surface area contributed by atoms with Crippen molar-refractivity contribution in [2.75, 3.05) is 12.0 Å². The molecular weight excluding hydrogens is 226 g/mol. The number of nitrogens with zero attached hydrogens (tertiary/aromatic N) is 2. The number of sulfone groups is 1. The maximum absolute atomic E-state index is 11.1. The van der Waals surface area contributed by atoms with Crippen LogP contribution in [0.1, 0.15) is 25.6 Å². The van der Waals surface area contributed by atoms with Crippen LogP contribution in [0, 0.1) is 0 Å². The van der Waals surface area contributed by atoms with Crippen molar-refractivity contribution in [3.05, 3.63) is 24.3 Å². The van der Waals surface area contributed by atoms with Crippen LogP contribution in [-0.2, 0) is 9.84 Å². The molecule has 0 aromatic carbocycles. The molecule has 6 heteroatoms. The van der Waals surface area contributed by atoms with Gasteiger partial charge < -0.3 is 5.32 Å². The second kappa shape index (κ2) is 5.36. The molecule has 0 aliphatic carbocycles. The normalized spacial score (nSPS) is 15.7. The minimum absolute atomic E-state index is 0.00884. The van der Waals surface area contributed by atoms with E-state index in [-0.39, 0.29) is 17.8 Å². The summed E-state index contributed by atoms with van der Waals surface area (Å²) in [5.41, 5.74) is 0.808. The molecule has 2 unspecified atom stereocenters. The van der Waals surface area contributed by atoms with E-state index in [2.05, 4.69) is 15.3 Å². The molecule has 1 aromatic rings. The molecule has 0 spiro atoms. The van der Waals surface area contributed by atoms with Gasteiger partial charge in [0.2, 0.25) is 0 Å². The zero-order valence-electron chi connectivity index (χ0n) is 9.71. The highest BCUT2D eigenvalue weighted by Gasteiger charge is 2.14. The van der Waals surface area contributed by atoms with Crippen molar-refractivity contribution in [3.63, 3.8) is 0 Å². The molecule has 0 aliphatic heterocycles. The predicted octanol–water partition coefficient (Wildman–Crippen LogP) is 0.560. The van der Waals surface area contributed by atoms with Crippen molar-refractivity contribution in [2.45, 2.75) is 25.9 Å². The van der Waals surface area contributed by atoms with Crippen LogP contribution in [0.25, 0.3) is 0 Å². The Morgan fingerprint density at radius 1 is 1.38 bits per heavy atom. The van der Waals surface area contributed by atoms with Crippen LogP contribution < -0.4 is 5.32 Å². The monoisotopic (exact) mass is 243 g/mol. The lowest BCUT2D eigenvalue weighted by atomic mass is 10.2. The third-order valence-electron chi connectivity index (χ3n) is 2.11. The highest BCUT2D eigenvalue weighted by Crippen LogP contribution is 2.08. The summed E-state index contributed by atoms with van der Waals surface area (Å²) in [6, 6.07) is -0.113. The fourth-order valence-corrected chi connectivity index (χ4v) is 2.55. The molecule has 0 saturated heterocycles. The molecule has 0 bridgehead atoms. The van der Waals surface area contributed by atoms with Gasteiger partial charge in [-0.3, -0.25) is 9.97 Å². The molecule has 1 N–H and O–H groups in total. The molecule has 90 valence electrons. The summed E-state index contributed by atoms with van der Waals surface area (Å²) in [6.45, 7) is 3.77. The smallest absolute Gasteiger partial charge is 0.148 e. The lowest BCUT2D eigenvalue weighted by Crippen LogP contribution is -2.34. The molecule has 2 atom stereocenters. The van der Waals surface area contributed by atoms with Gasteiger partial charge in [0.1, 0.15) is 9.84 Å². The summed E-state index contributed by atoms with van der Waals surface area (Å²) in [5.74, 6) is 0.123. The van der Waals surface area contributed by atoms with Crippen molar-refractivity contribution in [1.29, 1.82) is 0 Å². The van der Waals surface area contributed by atoms with Crippen molar-refractivity contribution in [1.82, 2.24) is 15.3 Å². The molecular formula is C10H17N3O2S. The maximum atomic E-state index is 11.1. The van der Waals surface area contributed by atoms with E-state index >= 15 is 0 Å². The molecule has 16 heavy (non-hydrogen) atoms. The van der Waals surface area contributed by atoms with E-state index in [1.165, 1.54) is 6.26 Å². The van der Waals surface area contributed by atoms with E-state index in [4.69, 9.17) is 0 Å². The molecule has 0 saturated carbocycles. The zero-order chi connectivity index (χ0) is 12.2. The van der Waals surface area contributed by atoms with Gasteiger partial charge in [-0.25, -0.2) is 8.42 Å². The van der Waals surface area contributed by atoms with Crippen LogP contribution in [0.5, 0.6) is 0 Å². The van der Waals surface area contributed by atoms with Crippen LogP contribution in [0.2, 0.25) is 0 Å². The average Bonchev–Trinajstić information content (AvgIpc) is 2.16. The van der Waals surface area contributed by atoms with Crippen LogP contribution in [0.3, 0.4) is 0 Å². The average molecular weight is 243 g/mol. The third kappa shape index (κ3) is 4.67. The Hall–Kier alpha value is -1.01. The first-order valence-corrected chi connectivity index (χ1v) is 7.14. The third-order valence-corrected chi connectivity index (χ3v) is 3.22. The van der Waals surface area contributed by atoms with Crippen LogP contribution in [-0.4, -0.2) is 36.4 Å². The minimum atomic E-state index is -2.95. The van der Waals surface area contributed by atoms with E-state index in [1.807, 2.05) is 13.8 Å². The van der Waals surface area contributed by atoms with E-state index in [0.717, 1.165) is 5.69 Å². The van der Waals surface area contributed by atoms with Crippen molar-refractivity contribution in [3.8, 4) is 0 Å². The first-order valence-electron chi connectivity index (χ1n) is 5.08. The van der Waals surface area contributed by atoms with Gasteiger partial charge in [-0.2, -0.15) is 0 Å². The summed E-state index contributed by atoms with van der Waals surface area (Å²) in [7, 11) is -2.95.